The van der Waals surface area contributed by atoms with Crippen LogP contribution in [0.5, 0.6) is 0 Å². The average molecular weight is 361 g/mol. The number of carbonyl (C=O) groups excluding carboxylic acids is 2. The van der Waals surface area contributed by atoms with Gasteiger partial charge in [-0.2, -0.15) is 0 Å². The second kappa shape index (κ2) is 10.3. The number of hydrogen-bond donors (Lipinski definition) is 3. The molecule has 0 spiro atoms. The number of anilines is 1. The van der Waals surface area contributed by atoms with Crippen molar-refractivity contribution < 1.29 is 9.59 Å². The largest absolute Gasteiger partial charge is 0.351 e. The standard InChI is InChI=1S/C20H32N4O2/c1-3-24(4-2)13-12-22-19(25)15-8-10-18(11-9-15)23-20(26)16-6-5-7-17(21)14-16/h8-11,16-17H,3-7,12-14,21H2,1-2H3,(H,22,25)(H,23,26). The first-order chi connectivity index (χ1) is 12.5. The van der Waals surface area contributed by atoms with Gasteiger partial charge in [0.05, 0.1) is 0 Å². The lowest BCUT2D eigenvalue weighted by atomic mass is 9.85. The van der Waals surface area contributed by atoms with Crippen LogP contribution < -0.4 is 16.4 Å². The molecule has 1 aliphatic rings. The number of likely N-dealkylation sites (N-methyl/N-ethyl adjacent to an activating group) is 1. The van der Waals surface area contributed by atoms with Crippen LogP contribution in [0.15, 0.2) is 24.3 Å². The summed E-state index contributed by atoms with van der Waals surface area (Å²) in [7, 11) is 0. The molecule has 0 heterocycles. The summed E-state index contributed by atoms with van der Waals surface area (Å²) >= 11 is 0. The van der Waals surface area contributed by atoms with Crippen molar-refractivity contribution in [1.29, 1.82) is 0 Å². The van der Waals surface area contributed by atoms with E-state index < -0.39 is 0 Å². The molecule has 0 bridgehead atoms. The summed E-state index contributed by atoms with van der Waals surface area (Å²) in [6.45, 7) is 7.65. The number of benzene rings is 1. The summed E-state index contributed by atoms with van der Waals surface area (Å²) in [6, 6.07) is 7.17. The molecule has 6 heteroatoms. The van der Waals surface area contributed by atoms with Gasteiger partial charge < -0.3 is 21.3 Å². The van der Waals surface area contributed by atoms with Crippen molar-refractivity contribution in [2.24, 2.45) is 11.7 Å². The number of amides is 2. The molecule has 144 valence electrons. The van der Waals surface area contributed by atoms with Crippen molar-refractivity contribution in [1.82, 2.24) is 10.2 Å². The van der Waals surface area contributed by atoms with Crippen LogP contribution in [0.3, 0.4) is 0 Å². The van der Waals surface area contributed by atoms with Crippen LogP contribution in [-0.4, -0.2) is 48.9 Å². The second-order valence-electron chi connectivity index (χ2n) is 6.97. The lowest BCUT2D eigenvalue weighted by Crippen LogP contribution is -2.35. The van der Waals surface area contributed by atoms with E-state index in [4.69, 9.17) is 5.73 Å². The normalized spacial score (nSPS) is 20.0. The quantitative estimate of drug-likeness (QED) is 0.663. The molecule has 2 amide bonds. The Bertz CT molecular complexity index is 584. The van der Waals surface area contributed by atoms with Crippen molar-refractivity contribution in [2.45, 2.75) is 45.6 Å². The molecular formula is C20H32N4O2. The van der Waals surface area contributed by atoms with E-state index in [2.05, 4.69) is 29.4 Å². The minimum atomic E-state index is -0.0895. The Morgan fingerprint density at radius 3 is 2.46 bits per heavy atom. The molecule has 26 heavy (non-hydrogen) atoms. The molecule has 1 aromatic carbocycles. The minimum absolute atomic E-state index is 0.0122. The van der Waals surface area contributed by atoms with Crippen LogP contribution in [0.25, 0.3) is 0 Å². The molecule has 0 aliphatic heterocycles. The summed E-state index contributed by atoms with van der Waals surface area (Å²) < 4.78 is 0. The predicted octanol–water partition coefficient (Wildman–Crippen LogP) is 2.21. The van der Waals surface area contributed by atoms with Gasteiger partial charge in [-0.1, -0.05) is 20.3 Å². The van der Waals surface area contributed by atoms with E-state index in [0.29, 0.717) is 17.8 Å². The number of hydrogen-bond acceptors (Lipinski definition) is 4. The first kappa shape index (κ1) is 20.4. The Labute approximate surface area is 156 Å². The Kier molecular flexibility index (Phi) is 8.06. The first-order valence-corrected chi connectivity index (χ1v) is 9.70. The smallest absolute Gasteiger partial charge is 0.251 e. The molecular weight excluding hydrogens is 328 g/mol. The van der Waals surface area contributed by atoms with E-state index in [9.17, 15) is 9.59 Å². The summed E-state index contributed by atoms with van der Waals surface area (Å²) in [5.41, 5.74) is 7.27. The van der Waals surface area contributed by atoms with Crippen molar-refractivity contribution in [3.8, 4) is 0 Å². The van der Waals surface area contributed by atoms with Gasteiger partial charge in [-0.15, -0.1) is 0 Å². The zero-order valence-electron chi connectivity index (χ0n) is 16.0. The Hall–Kier alpha value is -1.92. The molecule has 2 unspecified atom stereocenters. The van der Waals surface area contributed by atoms with Gasteiger partial charge in [0.25, 0.3) is 5.91 Å². The highest BCUT2D eigenvalue weighted by Gasteiger charge is 2.25. The first-order valence-electron chi connectivity index (χ1n) is 9.70. The highest BCUT2D eigenvalue weighted by Crippen LogP contribution is 2.24. The third kappa shape index (κ3) is 6.11. The highest BCUT2D eigenvalue weighted by atomic mass is 16.2. The Balaban J connectivity index is 1.81. The van der Waals surface area contributed by atoms with E-state index in [-0.39, 0.29) is 23.8 Å². The van der Waals surface area contributed by atoms with Gasteiger partial charge in [0.2, 0.25) is 5.91 Å². The summed E-state index contributed by atoms with van der Waals surface area (Å²) in [5.74, 6) is -0.0772. The van der Waals surface area contributed by atoms with Crippen LogP contribution in [0, 0.1) is 5.92 Å². The maximum atomic E-state index is 12.3. The van der Waals surface area contributed by atoms with Gasteiger partial charge in [0.1, 0.15) is 0 Å². The molecule has 2 atom stereocenters. The zero-order chi connectivity index (χ0) is 18.9. The topological polar surface area (TPSA) is 87.5 Å². The van der Waals surface area contributed by atoms with Crippen molar-refractivity contribution in [2.75, 3.05) is 31.5 Å². The minimum Gasteiger partial charge on any atom is -0.351 e. The maximum absolute atomic E-state index is 12.3. The molecule has 6 nitrogen and oxygen atoms in total. The molecule has 1 fully saturated rings. The van der Waals surface area contributed by atoms with Crippen LogP contribution in [-0.2, 0) is 4.79 Å². The van der Waals surface area contributed by atoms with Crippen molar-refractivity contribution in [3.05, 3.63) is 29.8 Å². The molecule has 0 radical (unpaired) electrons. The number of nitrogens with two attached hydrogens (primary N) is 1. The number of nitrogens with one attached hydrogen (secondary N) is 2. The van der Waals surface area contributed by atoms with E-state index in [0.717, 1.165) is 45.3 Å². The Morgan fingerprint density at radius 2 is 1.85 bits per heavy atom. The lowest BCUT2D eigenvalue weighted by Gasteiger charge is -2.25. The molecule has 0 aromatic heterocycles. The summed E-state index contributed by atoms with van der Waals surface area (Å²) in [4.78, 5) is 26.8. The number of nitrogens with zero attached hydrogens (tertiary/aromatic N) is 1. The fraction of sp³-hybridized carbons (Fsp3) is 0.600. The third-order valence-corrected chi connectivity index (χ3v) is 5.11. The van der Waals surface area contributed by atoms with Crippen LogP contribution >= 0.6 is 0 Å². The van der Waals surface area contributed by atoms with E-state index in [1.165, 1.54) is 0 Å². The van der Waals surface area contributed by atoms with Crippen LogP contribution in [0.4, 0.5) is 5.69 Å². The Morgan fingerprint density at radius 1 is 1.15 bits per heavy atom. The molecule has 1 aliphatic carbocycles. The average Bonchev–Trinajstić information content (AvgIpc) is 2.65. The molecule has 2 rings (SSSR count). The molecule has 4 N–H and O–H groups in total. The fourth-order valence-corrected chi connectivity index (χ4v) is 3.38. The van der Waals surface area contributed by atoms with Gasteiger partial charge in [0.15, 0.2) is 0 Å². The highest BCUT2D eigenvalue weighted by molar-refractivity contribution is 5.96. The van der Waals surface area contributed by atoms with E-state index in [1.54, 1.807) is 24.3 Å². The van der Waals surface area contributed by atoms with Gasteiger partial charge in [0, 0.05) is 36.3 Å². The van der Waals surface area contributed by atoms with Crippen LogP contribution in [0.1, 0.15) is 49.9 Å². The number of carbonyl (C=O) groups is 2. The van der Waals surface area contributed by atoms with Gasteiger partial charge in [-0.3, -0.25) is 9.59 Å². The van der Waals surface area contributed by atoms with Gasteiger partial charge in [-0.25, -0.2) is 0 Å². The molecule has 1 saturated carbocycles. The van der Waals surface area contributed by atoms with Gasteiger partial charge in [-0.05, 0) is 56.6 Å². The second-order valence-corrected chi connectivity index (χ2v) is 6.97. The van der Waals surface area contributed by atoms with Gasteiger partial charge >= 0.3 is 0 Å². The van der Waals surface area contributed by atoms with E-state index in [1.807, 2.05) is 0 Å². The summed E-state index contributed by atoms with van der Waals surface area (Å²) in [6.07, 6.45) is 3.65. The number of rotatable bonds is 8. The predicted molar refractivity (Wildman–Crippen MR) is 105 cm³/mol. The zero-order valence-corrected chi connectivity index (χ0v) is 16.0. The monoisotopic (exact) mass is 360 g/mol. The maximum Gasteiger partial charge on any atom is 0.251 e. The lowest BCUT2D eigenvalue weighted by molar-refractivity contribution is -0.120. The summed E-state index contributed by atoms with van der Waals surface area (Å²) in [5, 5.41) is 5.87. The van der Waals surface area contributed by atoms with E-state index >= 15 is 0 Å². The molecule has 1 aromatic rings. The molecule has 0 saturated heterocycles. The third-order valence-electron chi connectivity index (χ3n) is 5.11. The SMILES string of the molecule is CCN(CC)CCNC(=O)c1ccc(NC(=O)C2CCCC(N)C2)cc1. The fourth-order valence-electron chi connectivity index (χ4n) is 3.38. The van der Waals surface area contributed by atoms with Crippen molar-refractivity contribution >= 4 is 17.5 Å². The van der Waals surface area contributed by atoms with Crippen molar-refractivity contribution in [3.63, 3.8) is 0 Å². The van der Waals surface area contributed by atoms with Crippen LogP contribution in [0.2, 0.25) is 0 Å².